The molecule has 6 nitrogen and oxygen atoms in total. The number of ether oxygens (including phenoxy) is 3. The van der Waals surface area contributed by atoms with Crippen molar-refractivity contribution in [2.75, 3.05) is 31.8 Å². The molecule has 0 fully saturated rings. The van der Waals surface area contributed by atoms with Crippen LogP contribution in [0, 0.1) is 0 Å². The molecule has 0 aromatic carbocycles. The summed E-state index contributed by atoms with van der Waals surface area (Å²) in [5.41, 5.74) is 1.20. The van der Waals surface area contributed by atoms with Crippen LogP contribution < -0.4 is 5.32 Å². The van der Waals surface area contributed by atoms with E-state index in [1.807, 2.05) is 0 Å². The maximum Gasteiger partial charge on any atom is 0.190 e. The summed E-state index contributed by atoms with van der Waals surface area (Å²) in [6.45, 7) is 7.71. The number of fused-ring (bicyclic) bond motifs is 3. The molecule has 150 valence electrons. The third-order valence-electron chi connectivity index (χ3n) is 4.96. The third kappa shape index (κ3) is 4.56. The molecule has 8 heteroatoms. The number of methoxy groups -OCH3 is 2. The van der Waals surface area contributed by atoms with Gasteiger partial charge >= 0.3 is 0 Å². The van der Waals surface area contributed by atoms with E-state index in [4.69, 9.17) is 24.2 Å². The predicted octanol–water partition coefficient (Wildman–Crippen LogP) is 4.47. The molecule has 1 N–H and O–H groups in total. The predicted molar refractivity (Wildman–Crippen MR) is 112 cm³/mol. The first-order valence-electron chi connectivity index (χ1n) is 9.42. The second kappa shape index (κ2) is 9.05. The fraction of sp³-hybridized carbons (Fsp3) is 0.684. The minimum Gasteiger partial charge on any atom is -0.369 e. The molecule has 0 aliphatic carbocycles. The van der Waals surface area contributed by atoms with Crippen LogP contribution in [0.1, 0.15) is 44.1 Å². The first kappa shape index (κ1) is 20.8. The molecule has 1 aliphatic heterocycles. The molecule has 0 bridgehead atoms. The van der Waals surface area contributed by atoms with Gasteiger partial charge in [0.2, 0.25) is 0 Å². The lowest BCUT2D eigenvalue weighted by atomic mass is 9.90. The van der Waals surface area contributed by atoms with Crippen LogP contribution in [0.4, 0.5) is 5.82 Å². The molecule has 1 atom stereocenters. The van der Waals surface area contributed by atoms with Gasteiger partial charge in [-0.1, -0.05) is 25.6 Å². The first-order chi connectivity index (χ1) is 13.0. The van der Waals surface area contributed by atoms with Gasteiger partial charge in [-0.3, -0.25) is 0 Å². The van der Waals surface area contributed by atoms with Crippen molar-refractivity contribution in [2.45, 2.75) is 63.7 Å². The van der Waals surface area contributed by atoms with Crippen molar-refractivity contribution in [2.24, 2.45) is 0 Å². The number of thioether (sulfide) groups is 1. The first-order valence-corrected chi connectivity index (χ1v) is 11.2. The SMILES string of the molecule is CCCSc1nc(NCC(OC)OC)c2c3c(sc2n1)CO[C@](C)(CC)C3. The number of aromatic nitrogens is 2. The summed E-state index contributed by atoms with van der Waals surface area (Å²) in [5, 5.41) is 5.38. The molecule has 0 saturated heterocycles. The highest BCUT2D eigenvalue weighted by atomic mass is 32.2. The van der Waals surface area contributed by atoms with Crippen molar-refractivity contribution >= 4 is 39.1 Å². The average molecular weight is 412 g/mol. The molecule has 2 aromatic rings. The van der Waals surface area contributed by atoms with E-state index in [2.05, 4.69) is 26.1 Å². The molecule has 1 aliphatic rings. The number of rotatable bonds is 9. The molecule has 0 unspecified atom stereocenters. The van der Waals surface area contributed by atoms with Crippen molar-refractivity contribution < 1.29 is 14.2 Å². The highest BCUT2D eigenvalue weighted by Gasteiger charge is 2.33. The highest BCUT2D eigenvalue weighted by Crippen LogP contribution is 2.42. The van der Waals surface area contributed by atoms with Crippen LogP contribution >= 0.6 is 23.1 Å². The van der Waals surface area contributed by atoms with Gasteiger partial charge in [0.1, 0.15) is 10.6 Å². The Balaban J connectivity index is 2.01. The van der Waals surface area contributed by atoms with E-state index in [0.29, 0.717) is 13.2 Å². The average Bonchev–Trinajstić information content (AvgIpc) is 3.04. The van der Waals surface area contributed by atoms with E-state index >= 15 is 0 Å². The van der Waals surface area contributed by atoms with Crippen LogP contribution in [0.2, 0.25) is 0 Å². The molecule has 2 aromatic heterocycles. The molecular weight excluding hydrogens is 382 g/mol. The van der Waals surface area contributed by atoms with Gasteiger partial charge in [0.25, 0.3) is 0 Å². The van der Waals surface area contributed by atoms with E-state index in [9.17, 15) is 0 Å². The van der Waals surface area contributed by atoms with Crippen LogP contribution in [0.25, 0.3) is 10.2 Å². The maximum atomic E-state index is 6.14. The van der Waals surface area contributed by atoms with Crippen molar-refractivity contribution in [1.29, 1.82) is 0 Å². The lowest BCUT2D eigenvalue weighted by molar-refractivity contribution is -0.0914. The minimum atomic E-state index is -0.319. The smallest absolute Gasteiger partial charge is 0.190 e. The Morgan fingerprint density at radius 1 is 1.30 bits per heavy atom. The zero-order valence-electron chi connectivity index (χ0n) is 16.8. The van der Waals surface area contributed by atoms with Crippen LogP contribution in [-0.4, -0.2) is 48.4 Å². The van der Waals surface area contributed by atoms with Gasteiger partial charge in [-0.2, -0.15) is 0 Å². The van der Waals surface area contributed by atoms with Gasteiger partial charge in [0, 0.05) is 31.3 Å². The zero-order valence-corrected chi connectivity index (χ0v) is 18.4. The number of nitrogens with one attached hydrogen (secondary N) is 1. The zero-order chi connectivity index (χ0) is 19.4. The van der Waals surface area contributed by atoms with Crippen LogP contribution in [0.5, 0.6) is 0 Å². The lowest BCUT2D eigenvalue weighted by Crippen LogP contribution is -2.34. The number of anilines is 1. The molecule has 3 heterocycles. The van der Waals surface area contributed by atoms with Crippen molar-refractivity contribution in [1.82, 2.24) is 9.97 Å². The molecule has 0 amide bonds. The maximum absolute atomic E-state index is 6.14. The molecular formula is C19H29N3O3S2. The number of nitrogens with zero attached hydrogens (tertiary/aromatic N) is 2. The van der Waals surface area contributed by atoms with Crippen molar-refractivity contribution in [3.63, 3.8) is 0 Å². The number of hydrogen-bond acceptors (Lipinski definition) is 8. The Kier molecular flexibility index (Phi) is 6.97. The summed E-state index contributed by atoms with van der Waals surface area (Å²) in [5.74, 6) is 1.88. The fourth-order valence-corrected chi connectivity index (χ4v) is 4.97. The Morgan fingerprint density at radius 2 is 2.07 bits per heavy atom. The fourth-order valence-electron chi connectivity index (χ4n) is 3.11. The van der Waals surface area contributed by atoms with Crippen molar-refractivity contribution in [3.05, 3.63) is 10.4 Å². The molecule has 27 heavy (non-hydrogen) atoms. The number of thiophene rings is 1. The van der Waals surface area contributed by atoms with Gasteiger partial charge in [-0.15, -0.1) is 11.3 Å². The van der Waals surface area contributed by atoms with E-state index in [1.165, 1.54) is 10.4 Å². The molecule has 0 spiro atoms. The van der Waals surface area contributed by atoms with Crippen molar-refractivity contribution in [3.8, 4) is 0 Å². The summed E-state index contributed by atoms with van der Waals surface area (Å²) < 4.78 is 16.8. The van der Waals surface area contributed by atoms with Gasteiger partial charge in [0.05, 0.1) is 24.1 Å². The second-order valence-electron chi connectivity index (χ2n) is 6.94. The minimum absolute atomic E-state index is 0.129. The molecule has 0 radical (unpaired) electrons. The van der Waals surface area contributed by atoms with Crippen LogP contribution in [0.3, 0.4) is 0 Å². The summed E-state index contributed by atoms with van der Waals surface area (Å²) in [6, 6.07) is 0. The summed E-state index contributed by atoms with van der Waals surface area (Å²) in [7, 11) is 3.29. The Labute approximate surface area is 169 Å². The van der Waals surface area contributed by atoms with Crippen LogP contribution in [0.15, 0.2) is 5.16 Å². The monoisotopic (exact) mass is 411 g/mol. The topological polar surface area (TPSA) is 65.5 Å². The van der Waals surface area contributed by atoms with E-state index in [-0.39, 0.29) is 11.9 Å². The molecule has 3 rings (SSSR count). The normalized spacial score (nSPS) is 19.6. The van der Waals surface area contributed by atoms with Gasteiger partial charge in [-0.05, 0) is 25.3 Å². The Morgan fingerprint density at radius 3 is 2.74 bits per heavy atom. The third-order valence-corrected chi connectivity index (χ3v) is 7.11. The number of hydrogen-bond donors (Lipinski definition) is 1. The van der Waals surface area contributed by atoms with E-state index < -0.39 is 0 Å². The van der Waals surface area contributed by atoms with Gasteiger partial charge in [-0.25, -0.2) is 9.97 Å². The molecule has 0 saturated carbocycles. The Hall–Kier alpha value is -0.930. The summed E-state index contributed by atoms with van der Waals surface area (Å²) >= 11 is 3.42. The largest absolute Gasteiger partial charge is 0.369 e. The standard InChI is InChI=1S/C19H29N3O3S2/c1-6-8-26-18-21-16(20-10-14(23-4)24-5)15-12-9-19(3,7-2)25-11-13(12)27-17(15)22-18/h14H,6-11H2,1-5H3,(H,20,21,22)/t19-/m1/s1. The second-order valence-corrected chi connectivity index (χ2v) is 9.08. The highest BCUT2D eigenvalue weighted by molar-refractivity contribution is 7.99. The summed E-state index contributed by atoms with van der Waals surface area (Å²) in [4.78, 5) is 12.0. The van der Waals surface area contributed by atoms with E-state index in [0.717, 1.165) is 46.2 Å². The quantitative estimate of drug-likeness (QED) is 0.371. The summed E-state index contributed by atoms with van der Waals surface area (Å²) in [6.07, 6.45) is 2.64. The Bertz CT molecular complexity index is 779. The van der Waals surface area contributed by atoms with Gasteiger partial charge < -0.3 is 19.5 Å². The van der Waals surface area contributed by atoms with Gasteiger partial charge in [0.15, 0.2) is 11.4 Å². The van der Waals surface area contributed by atoms with Crippen LogP contribution in [-0.2, 0) is 27.2 Å². The van der Waals surface area contributed by atoms with E-state index in [1.54, 1.807) is 37.3 Å². The lowest BCUT2D eigenvalue weighted by Gasteiger charge is -2.33.